The van der Waals surface area contributed by atoms with Crippen LogP contribution in [-0.4, -0.2) is 15.8 Å². The molecule has 0 fully saturated rings. The molecule has 0 atom stereocenters. The largest absolute Gasteiger partial charge is 0.454 e. The van der Waals surface area contributed by atoms with Crippen LogP contribution in [0.2, 0.25) is 0 Å². The van der Waals surface area contributed by atoms with Crippen LogP contribution in [0.5, 0.6) is 0 Å². The fraction of sp³-hybridized carbons (Fsp3) is 0.133. The maximum atomic E-state index is 7.64. The maximum absolute atomic E-state index is 7.64. The average Bonchev–Trinajstić information content (AvgIpc) is 1.37. The molecular weight excluding hydrogens is 1180 g/mol. The van der Waals surface area contributed by atoms with Gasteiger partial charge in [0.2, 0.25) is 0 Å². The van der Waals surface area contributed by atoms with E-state index in [-0.39, 0.29) is 23.0 Å². The van der Waals surface area contributed by atoms with Crippen LogP contribution in [0.25, 0.3) is 121 Å². The summed E-state index contributed by atoms with van der Waals surface area (Å²) in [7, 11) is 0. The minimum absolute atomic E-state index is 0.267. The molecule has 0 bridgehead atoms. The van der Waals surface area contributed by atoms with Gasteiger partial charge in [0.15, 0.2) is 11.2 Å². The van der Waals surface area contributed by atoms with Gasteiger partial charge in [-0.3, -0.25) is 0 Å². The van der Waals surface area contributed by atoms with Crippen molar-refractivity contribution in [2.45, 2.75) is 78.6 Å². The Kier molecular flexibility index (Phi) is 12.2. The molecule has 0 spiro atoms. The predicted molar refractivity (Wildman–Crippen MR) is 411 cm³/mol. The van der Waals surface area contributed by atoms with Crippen molar-refractivity contribution in [2.24, 2.45) is 0 Å². The number of nitrogens with zero attached hydrogens (tertiary/aromatic N) is 4. The van der Waals surface area contributed by atoms with Crippen LogP contribution in [0.15, 0.2) is 276 Å². The molecule has 17 aromatic rings. The van der Waals surface area contributed by atoms with Crippen LogP contribution in [0.3, 0.4) is 0 Å². The van der Waals surface area contributed by atoms with Crippen LogP contribution in [0.1, 0.15) is 79.0 Å². The average molecular weight is 1250 g/mol. The molecule has 97 heavy (non-hydrogen) atoms. The van der Waals surface area contributed by atoms with Gasteiger partial charge in [0.25, 0.3) is 6.71 Å². The molecule has 0 aliphatic carbocycles. The third-order valence-electron chi connectivity index (χ3n) is 21.1. The van der Waals surface area contributed by atoms with Gasteiger partial charge in [-0.1, -0.05) is 244 Å². The fourth-order valence-electron chi connectivity index (χ4n) is 16.6. The summed E-state index contributed by atoms with van der Waals surface area (Å²) in [6.45, 7) is 20.9. The fourth-order valence-corrected chi connectivity index (χ4v) is 16.6. The lowest BCUT2D eigenvalue weighted by Crippen LogP contribution is -2.61. The Morgan fingerprint density at radius 3 is 1.01 bits per heavy atom. The lowest BCUT2D eigenvalue weighted by molar-refractivity contribution is 0.590. The Morgan fingerprint density at radius 1 is 0.309 bits per heavy atom. The first-order valence-corrected chi connectivity index (χ1v) is 34.2. The summed E-state index contributed by atoms with van der Waals surface area (Å²) in [4.78, 5) is 5.29. The van der Waals surface area contributed by atoms with E-state index in [2.05, 4.69) is 348 Å². The van der Waals surface area contributed by atoms with E-state index in [9.17, 15) is 0 Å². The summed E-state index contributed by atoms with van der Waals surface area (Å²) in [5, 5.41) is 9.33. The number of hydrogen-bond acceptors (Lipinski definition) is 4. The van der Waals surface area contributed by atoms with Gasteiger partial charge in [-0.15, -0.1) is 0 Å². The zero-order valence-corrected chi connectivity index (χ0v) is 56.1. The number of furan rings is 2. The lowest BCUT2D eigenvalue weighted by Gasteiger charge is -2.46. The summed E-state index contributed by atoms with van der Waals surface area (Å²) in [6.07, 6.45) is 0. The van der Waals surface area contributed by atoms with Gasteiger partial charge < -0.3 is 27.8 Å². The number of anilines is 6. The number of aromatic nitrogens is 2. The molecule has 4 aromatic heterocycles. The molecule has 0 saturated heterocycles. The van der Waals surface area contributed by atoms with Crippen LogP contribution < -0.4 is 26.2 Å². The van der Waals surface area contributed by atoms with E-state index < -0.39 is 0 Å². The molecule has 6 heterocycles. The zero-order chi connectivity index (χ0) is 65.5. The zero-order valence-electron chi connectivity index (χ0n) is 56.1. The van der Waals surface area contributed by atoms with Gasteiger partial charge >= 0.3 is 0 Å². The van der Waals surface area contributed by atoms with Crippen molar-refractivity contribution < 1.29 is 8.83 Å². The Labute approximate surface area is 564 Å². The second-order valence-corrected chi connectivity index (χ2v) is 30.0. The van der Waals surface area contributed by atoms with E-state index in [0.717, 1.165) is 134 Å². The first-order chi connectivity index (χ1) is 47.1. The van der Waals surface area contributed by atoms with Gasteiger partial charge in [0.05, 0.1) is 33.4 Å². The van der Waals surface area contributed by atoms with E-state index in [1.54, 1.807) is 0 Å². The van der Waals surface area contributed by atoms with Crippen LogP contribution in [0.4, 0.5) is 34.1 Å². The number of benzene rings is 13. The maximum Gasteiger partial charge on any atom is 0.252 e. The van der Waals surface area contributed by atoms with Gasteiger partial charge in [0, 0.05) is 88.3 Å². The highest BCUT2D eigenvalue weighted by Crippen LogP contribution is 2.57. The van der Waals surface area contributed by atoms with Crippen molar-refractivity contribution in [1.82, 2.24) is 9.13 Å². The highest BCUT2D eigenvalue weighted by atomic mass is 16.3. The smallest absolute Gasteiger partial charge is 0.252 e. The number of rotatable bonds is 6. The molecule has 0 N–H and O–H groups in total. The van der Waals surface area contributed by atoms with Gasteiger partial charge in [-0.2, -0.15) is 0 Å². The summed E-state index contributed by atoms with van der Waals surface area (Å²) >= 11 is 0. The molecule has 2 aliphatic rings. The predicted octanol–water partition coefficient (Wildman–Crippen LogP) is 23.0. The van der Waals surface area contributed by atoms with E-state index in [1.165, 1.54) is 54.6 Å². The minimum Gasteiger partial charge on any atom is -0.454 e. The second-order valence-electron chi connectivity index (χ2n) is 30.0. The van der Waals surface area contributed by atoms with Crippen LogP contribution >= 0.6 is 0 Å². The van der Waals surface area contributed by atoms with E-state index >= 15 is 0 Å². The van der Waals surface area contributed by atoms with Crippen molar-refractivity contribution in [3.05, 3.63) is 284 Å². The SMILES string of the molecule is CC(C)(C)c1cc2c3c(c1)N(c1c(-c4ccccc4)cc(C(C)(C)C)c4c1oc1ccccc14)c1cc(-n4c5ccccc5c5ccccc54)ccc1B3c1ccc(-n3c4ccccc4c4ccccc43)cc1N2c1c(-c2ccccc2)cc(C(C)(C)C)c2c1oc1ccccc12. The molecule has 13 aromatic carbocycles. The normalized spacial score (nSPS) is 13.4. The van der Waals surface area contributed by atoms with E-state index in [4.69, 9.17) is 8.83 Å². The van der Waals surface area contributed by atoms with Crippen molar-refractivity contribution in [2.75, 3.05) is 9.80 Å². The highest BCUT2D eigenvalue weighted by molar-refractivity contribution is 7.00. The molecule has 7 heteroatoms. The lowest BCUT2D eigenvalue weighted by atomic mass is 9.33. The monoisotopic (exact) mass is 1250 g/mol. The van der Waals surface area contributed by atoms with Crippen molar-refractivity contribution >= 4 is 145 Å². The van der Waals surface area contributed by atoms with Crippen molar-refractivity contribution in [3.8, 4) is 33.6 Å². The standard InChI is InChI=1S/C90H71BN4O2/c1-88(2,3)56-48-77-83-78(49-56)95(85-66(55-30-14-11-15-31-55)53-68(90(7,8)9)82-64-37-21-27-43-80(64)97-87(82)85)76-51-58(93-73-40-24-18-34-61(73)62-35-19-25-41-74(62)93)45-47-70(76)91(83)69-46-44-57(92-71-38-22-16-32-59(71)60-33-17-23-39-72(60)92)50-75(69)94(77)84-65(54-28-12-10-13-29-54)52-67(89(4,5)6)81-63-36-20-26-42-79(63)96-86(81)84/h10-53H,1-9H3. The number of para-hydroxylation sites is 6. The van der Waals surface area contributed by atoms with E-state index in [1.807, 2.05) is 0 Å². The van der Waals surface area contributed by atoms with Crippen LogP contribution in [-0.2, 0) is 16.2 Å². The summed E-state index contributed by atoms with van der Waals surface area (Å²) in [5.74, 6) is 0. The Balaban J connectivity index is 1.02. The third-order valence-corrected chi connectivity index (χ3v) is 21.1. The molecule has 466 valence electrons. The number of hydrogen-bond donors (Lipinski definition) is 0. The van der Waals surface area contributed by atoms with Crippen LogP contribution in [0, 0.1) is 0 Å². The van der Waals surface area contributed by atoms with Gasteiger partial charge in [-0.05, 0) is 145 Å². The van der Waals surface area contributed by atoms with Crippen molar-refractivity contribution in [3.63, 3.8) is 0 Å². The number of fused-ring (bicyclic) bond motifs is 16. The quantitative estimate of drug-likeness (QED) is 0.156. The Hall–Kier alpha value is -11.3. The molecule has 0 saturated carbocycles. The molecule has 19 rings (SSSR count). The first-order valence-electron chi connectivity index (χ1n) is 34.2. The minimum atomic E-state index is -0.353. The van der Waals surface area contributed by atoms with Gasteiger partial charge in [0.1, 0.15) is 11.2 Å². The molecule has 6 nitrogen and oxygen atoms in total. The molecule has 2 aliphatic heterocycles. The topological polar surface area (TPSA) is 42.6 Å². The first kappa shape index (κ1) is 57.2. The second kappa shape index (κ2) is 20.6. The van der Waals surface area contributed by atoms with Gasteiger partial charge in [-0.25, -0.2) is 0 Å². The molecule has 0 unspecified atom stereocenters. The third kappa shape index (κ3) is 8.40. The molecular formula is C90H71BN4O2. The summed E-state index contributed by atoms with van der Waals surface area (Å²) in [6, 6.07) is 99.7. The summed E-state index contributed by atoms with van der Waals surface area (Å²) < 4.78 is 20.2. The van der Waals surface area contributed by atoms with Crippen molar-refractivity contribution in [1.29, 1.82) is 0 Å². The van der Waals surface area contributed by atoms with E-state index in [0.29, 0.717) is 0 Å². The highest BCUT2D eigenvalue weighted by Gasteiger charge is 2.47. The Morgan fingerprint density at radius 2 is 0.649 bits per heavy atom. The Bertz CT molecular complexity index is 5690. The molecule has 0 radical (unpaired) electrons. The summed E-state index contributed by atoms with van der Waals surface area (Å²) in [5.41, 5.74) is 27.3. The molecule has 0 amide bonds.